The fraction of sp³-hybridized carbons (Fsp3) is 0.889. The SMILES string of the molecule is CCN1CC(C)O/C1=N\P(=O)(CC)SC. The number of amidine groups is 1. The second-order valence-corrected chi connectivity index (χ2v) is 8.77. The maximum absolute atomic E-state index is 12.1. The summed E-state index contributed by atoms with van der Waals surface area (Å²) in [4.78, 5) is 2.03. The fourth-order valence-electron chi connectivity index (χ4n) is 1.40. The van der Waals surface area contributed by atoms with E-state index in [0.29, 0.717) is 12.2 Å². The summed E-state index contributed by atoms with van der Waals surface area (Å²) in [5.41, 5.74) is 0. The van der Waals surface area contributed by atoms with Crippen LogP contribution in [-0.4, -0.2) is 42.5 Å². The summed E-state index contributed by atoms with van der Waals surface area (Å²) in [5, 5.41) is 0. The number of hydrogen-bond donors (Lipinski definition) is 0. The van der Waals surface area contributed by atoms with Crippen molar-refractivity contribution in [1.29, 1.82) is 0 Å². The van der Waals surface area contributed by atoms with Gasteiger partial charge in [0.05, 0.1) is 6.54 Å². The molecule has 0 amide bonds. The maximum Gasteiger partial charge on any atom is 0.294 e. The van der Waals surface area contributed by atoms with Crippen molar-refractivity contribution in [3.63, 3.8) is 0 Å². The standard InChI is InChI=1S/C9H19N2O2PS/c1-5-11-7-8(3)13-9(11)10-14(12,6-2)15-4/h8H,5-7H2,1-4H3/b10-9-. The number of rotatable bonds is 4. The summed E-state index contributed by atoms with van der Waals surface area (Å²) in [5.74, 6) is 0. The highest BCUT2D eigenvalue weighted by Crippen LogP contribution is 2.58. The molecule has 0 spiro atoms. The minimum Gasteiger partial charge on any atom is -0.460 e. The first kappa shape index (κ1) is 12.9. The predicted octanol–water partition coefficient (Wildman–Crippen LogP) is 2.66. The van der Waals surface area contributed by atoms with Gasteiger partial charge in [-0.1, -0.05) is 18.3 Å². The Morgan fingerprint density at radius 3 is 2.80 bits per heavy atom. The summed E-state index contributed by atoms with van der Waals surface area (Å²) in [6.07, 6.45) is 2.56. The Bertz CT molecular complexity index is 288. The summed E-state index contributed by atoms with van der Waals surface area (Å²) >= 11 is 1.33. The minimum absolute atomic E-state index is 0.149. The van der Waals surface area contributed by atoms with Gasteiger partial charge in [-0.3, -0.25) is 4.57 Å². The van der Waals surface area contributed by atoms with E-state index in [1.54, 1.807) is 0 Å². The lowest BCUT2D eigenvalue weighted by Gasteiger charge is -2.15. The van der Waals surface area contributed by atoms with Crippen molar-refractivity contribution in [3.05, 3.63) is 0 Å². The molecule has 0 aliphatic carbocycles. The monoisotopic (exact) mass is 250 g/mol. The molecule has 1 saturated heterocycles. The number of nitrogens with zero attached hydrogens (tertiary/aromatic N) is 2. The van der Waals surface area contributed by atoms with E-state index in [1.165, 1.54) is 11.4 Å². The van der Waals surface area contributed by atoms with Crippen molar-refractivity contribution in [2.75, 3.05) is 25.5 Å². The molecule has 1 rings (SSSR count). The second kappa shape index (κ2) is 5.26. The van der Waals surface area contributed by atoms with Crippen molar-refractivity contribution < 1.29 is 9.30 Å². The van der Waals surface area contributed by atoms with Gasteiger partial charge in [-0.05, 0) is 20.1 Å². The molecule has 88 valence electrons. The van der Waals surface area contributed by atoms with Crippen LogP contribution in [0.15, 0.2) is 4.76 Å². The molecule has 0 saturated carbocycles. The van der Waals surface area contributed by atoms with E-state index in [2.05, 4.69) is 4.76 Å². The molecule has 2 atom stereocenters. The van der Waals surface area contributed by atoms with Crippen LogP contribution >= 0.6 is 17.9 Å². The lowest BCUT2D eigenvalue weighted by molar-refractivity contribution is 0.252. The van der Waals surface area contributed by atoms with Crippen LogP contribution in [0, 0.1) is 0 Å². The van der Waals surface area contributed by atoms with Gasteiger partial charge in [-0.15, -0.1) is 0 Å². The Labute approximate surface area is 95.6 Å². The minimum atomic E-state index is -2.47. The van der Waals surface area contributed by atoms with Gasteiger partial charge in [0.25, 0.3) is 6.02 Å². The zero-order valence-corrected chi connectivity index (χ0v) is 11.5. The third kappa shape index (κ3) is 3.15. The van der Waals surface area contributed by atoms with Gasteiger partial charge >= 0.3 is 0 Å². The average molecular weight is 250 g/mol. The topological polar surface area (TPSA) is 41.9 Å². The molecule has 2 unspecified atom stereocenters. The third-order valence-electron chi connectivity index (χ3n) is 2.36. The van der Waals surface area contributed by atoms with E-state index in [1.807, 2.05) is 31.9 Å². The Morgan fingerprint density at radius 2 is 2.33 bits per heavy atom. The van der Waals surface area contributed by atoms with Gasteiger partial charge in [0.1, 0.15) is 6.10 Å². The van der Waals surface area contributed by atoms with Crippen LogP contribution in [0.5, 0.6) is 0 Å². The lowest BCUT2D eigenvalue weighted by Crippen LogP contribution is -2.25. The van der Waals surface area contributed by atoms with Gasteiger partial charge in [0, 0.05) is 12.7 Å². The summed E-state index contributed by atoms with van der Waals surface area (Å²) in [7, 11) is 0. The molecule has 1 heterocycles. The molecule has 4 nitrogen and oxygen atoms in total. The van der Waals surface area contributed by atoms with Crippen LogP contribution in [0.2, 0.25) is 0 Å². The van der Waals surface area contributed by atoms with Crippen LogP contribution in [0.4, 0.5) is 0 Å². The van der Waals surface area contributed by atoms with Gasteiger partial charge in [-0.25, -0.2) is 0 Å². The zero-order chi connectivity index (χ0) is 11.5. The zero-order valence-electron chi connectivity index (χ0n) is 9.77. The fourth-order valence-corrected chi connectivity index (χ4v) is 3.55. The van der Waals surface area contributed by atoms with Crippen molar-refractivity contribution in [1.82, 2.24) is 4.90 Å². The van der Waals surface area contributed by atoms with Crippen LogP contribution in [0.3, 0.4) is 0 Å². The lowest BCUT2D eigenvalue weighted by atomic mass is 10.4. The number of hydrogen-bond acceptors (Lipinski definition) is 3. The molecule has 0 radical (unpaired) electrons. The molecule has 1 aliphatic rings. The number of ether oxygens (including phenoxy) is 1. The largest absolute Gasteiger partial charge is 0.460 e. The Kier molecular flexibility index (Phi) is 4.53. The molecule has 0 aromatic carbocycles. The second-order valence-electron chi connectivity index (χ2n) is 3.49. The molecule has 0 bridgehead atoms. The number of likely N-dealkylation sites (N-methyl/N-ethyl adjacent to an activating group) is 1. The Morgan fingerprint density at radius 1 is 1.67 bits per heavy atom. The Balaban J connectivity index is 2.86. The van der Waals surface area contributed by atoms with Gasteiger partial charge in [0.2, 0.25) is 6.49 Å². The quantitative estimate of drug-likeness (QED) is 0.719. The van der Waals surface area contributed by atoms with E-state index in [-0.39, 0.29) is 6.10 Å². The molecule has 1 fully saturated rings. The van der Waals surface area contributed by atoms with E-state index in [0.717, 1.165) is 13.1 Å². The molecular formula is C9H19N2O2PS. The first-order valence-electron chi connectivity index (χ1n) is 5.21. The highest BCUT2D eigenvalue weighted by molar-refractivity contribution is 8.57. The van der Waals surface area contributed by atoms with Crippen molar-refractivity contribution in [2.45, 2.75) is 26.9 Å². The maximum atomic E-state index is 12.1. The van der Waals surface area contributed by atoms with E-state index in [4.69, 9.17) is 4.74 Å². The van der Waals surface area contributed by atoms with Crippen molar-refractivity contribution >= 4 is 23.9 Å². The first-order valence-corrected chi connectivity index (χ1v) is 8.88. The summed E-state index contributed by atoms with van der Waals surface area (Å²) in [6, 6.07) is 0.560. The third-order valence-corrected chi connectivity index (χ3v) is 6.94. The summed E-state index contributed by atoms with van der Waals surface area (Å²) < 4.78 is 22.0. The van der Waals surface area contributed by atoms with Crippen molar-refractivity contribution in [2.24, 2.45) is 4.76 Å². The van der Waals surface area contributed by atoms with Crippen LogP contribution in [0.25, 0.3) is 0 Å². The van der Waals surface area contributed by atoms with Crippen LogP contribution in [0.1, 0.15) is 20.8 Å². The van der Waals surface area contributed by atoms with Crippen molar-refractivity contribution in [3.8, 4) is 0 Å². The molecule has 0 aromatic heterocycles. The molecule has 0 aromatic rings. The molecule has 6 heteroatoms. The van der Waals surface area contributed by atoms with Crippen LogP contribution in [-0.2, 0) is 9.30 Å². The van der Waals surface area contributed by atoms with Crippen LogP contribution < -0.4 is 0 Å². The van der Waals surface area contributed by atoms with E-state index < -0.39 is 6.49 Å². The smallest absolute Gasteiger partial charge is 0.294 e. The Hall–Kier alpha value is -0.150. The van der Waals surface area contributed by atoms with Gasteiger partial charge < -0.3 is 9.64 Å². The first-order chi connectivity index (χ1) is 7.04. The molecule has 15 heavy (non-hydrogen) atoms. The molecule has 0 N–H and O–H groups in total. The van der Waals surface area contributed by atoms with E-state index >= 15 is 0 Å². The average Bonchev–Trinajstić information content (AvgIpc) is 2.58. The highest BCUT2D eigenvalue weighted by Gasteiger charge is 2.28. The highest BCUT2D eigenvalue weighted by atomic mass is 32.7. The normalized spacial score (nSPS) is 27.9. The summed E-state index contributed by atoms with van der Waals surface area (Å²) in [6.45, 7) is 5.17. The van der Waals surface area contributed by atoms with Gasteiger partial charge in [-0.2, -0.15) is 4.76 Å². The molecule has 1 aliphatic heterocycles. The van der Waals surface area contributed by atoms with E-state index in [9.17, 15) is 4.57 Å². The predicted molar refractivity (Wildman–Crippen MR) is 66.9 cm³/mol. The molecular weight excluding hydrogens is 231 g/mol. The van der Waals surface area contributed by atoms with Gasteiger partial charge in [0.15, 0.2) is 0 Å².